The normalized spacial score (nSPS) is 10.3. The van der Waals surface area contributed by atoms with Gasteiger partial charge in [-0.2, -0.15) is 5.26 Å². The number of nitrogens with one attached hydrogen (secondary N) is 1. The number of phenolic OH excluding ortho intramolecular Hbond substituents is 1. The second kappa shape index (κ2) is 5.58. The van der Waals surface area contributed by atoms with Crippen LogP contribution in [0.25, 0.3) is 22.6 Å². The van der Waals surface area contributed by atoms with Gasteiger partial charge in [-0.1, -0.05) is 12.1 Å². The van der Waals surface area contributed by atoms with Crippen LogP contribution in [0, 0.1) is 11.3 Å². The molecule has 0 radical (unpaired) electrons. The molecule has 108 valence electrons. The van der Waals surface area contributed by atoms with Crippen molar-refractivity contribution in [2.45, 2.75) is 6.42 Å². The molecule has 0 saturated heterocycles. The number of rotatable bonds is 3. The van der Waals surface area contributed by atoms with Gasteiger partial charge in [0, 0.05) is 5.69 Å². The number of amides is 1. The predicted octanol–water partition coefficient (Wildman–Crippen LogP) is 3.05. The predicted molar refractivity (Wildman–Crippen MR) is 80.0 cm³/mol. The average molecular weight is 293 g/mol. The molecule has 0 unspecified atom stereocenters. The summed E-state index contributed by atoms with van der Waals surface area (Å²) < 4.78 is 5.61. The van der Waals surface area contributed by atoms with Gasteiger partial charge in [-0.15, -0.1) is 0 Å². The van der Waals surface area contributed by atoms with E-state index >= 15 is 0 Å². The molecule has 0 saturated carbocycles. The zero-order valence-electron chi connectivity index (χ0n) is 11.4. The standard InChI is InChI=1S/C16H11N3O3/c17-8-7-15(21)18-10-5-6-13(20)11(9-10)16-19-12-3-1-2-4-14(12)22-16/h1-6,9,20H,7H2,(H,18,21). The lowest BCUT2D eigenvalue weighted by Crippen LogP contribution is -2.09. The van der Waals surface area contributed by atoms with Crippen molar-refractivity contribution in [2.24, 2.45) is 0 Å². The molecule has 2 aromatic carbocycles. The van der Waals surface area contributed by atoms with E-state index < -0.39 is 5.91 Å². The Balaban J connectivity index is 1.99. The lowest BCUT2D eigenvalue weighted by Gasteiger charge is -2.06. The molecule has 0 aliphatic carbocycles. The van der Waals surface area contributed by atoms with Crippen molar-refractivity contribution in [1.29, 1.82) is 5.26 Å². The van der Waals surface area contributed by atoms with Crippen molar-refractivity contribution in [1.82, 2.24) is 4.98 Å². The van der Waals surface area contributed by atoms with E-state index in [1.807, 2.05) is 12.1 Å². The molecular weight excluding hydrogens is 282 g/mol. The van der Waals surface area contributed by atoms with Gasteiger partial charge in [-0.3, -0.25) is 4.79 Å². The van der Waals surface area contributed by atoms with Crippen molar-refractivity contribution >= 4 is 22.7 Å². The highest BCUT2D eigenvalue weighted by atomic mass is 16.3. The monoisotopic (exact) mass is 293 g/mol. The smallest absolute Gasteiger partial charge is 0.238 e. The molecule has 3 aromatic rings. The molecule has 22 heavy (non-hydrogen) atoms. The summed E-state index contributed by atoms with van der Waals surface area (Å²) in [6.07, 6.45) is -0.237. The van der Waals surface area contributed by atoms with E-state index in [-0.39, 0.29) is 18.1 Å². The van der Waals surface area contributed by atoms with E-state index in [1.165, 1.54) is 12.1 Å². The number of phenols is 1. The number of anilines is 1. The lowest BCUT2D eigenvalue weighted by molar-refractivity contribution is -0.115. The van der Waals surface area contributed by atoms with Gasteiger partial charge >= 0.3 is 0 Å². The van der Waals surface area contributed by atoms with E-state index in [2.05, 4.69) is 10.3 Å². The molecular formula is C16H11N3O3. The summed E-state index contributed by atoms with van der Waals surface area (Å²) in [6, 6.07) is 13.5. The maximum absolute atomic E-state index is 11.5. The second-order valence-electron chi connectivity index (χ2n) is 4.60. The van der Waals surface area contributed by atoms with Crippen LogP contribution in [0.15, 0.2) is 46.9 Å². The summed E-state index contributed by atoms with van der Waals surface area (Å²) >= 11 is 0. The fourth-order valence-electron chi connectivity index (χ4n) is 2.05. The molecule has 0 aliphatic heterocycles. The number of oxazole rings is 1. The average Bonchev–Trinajstić information content (AvgIpc) is 2.93. The molecule has 3 rings (SSSR count). The van der Waals surface area contributed by atoms with Crippen LogP contribution in [0.5, 0.6) is 5.75 Å². The first-order valence-corrected chi connectivity index (χ1v) is 6.53. The number of nitrogens with zero attached hydrogens (tertiary/aromatic N) is 2. The minimum atomic E-state index is -0.420. The summed E-state index contributed by atoms with van der Waals surface area (Å²) in [5, 5.41) is 21.1. The fraction of sp³-hybridized carbons (Fsp3) is 0.0625. The Labute approximate surface area is 125 Å². The second-order valence-corrected chi connectivity index (χ2v) is 4.60. The summed E-state index contributed by atoms with van der Waals surface area (Å²) in [4.78, 5) is 15.8. The number of aromatic nitrogens is 1. The van der Waals surface area contributed by atoms with E-state index in [9.17, 15) is 9.90 Å². The highest BCUT2D eigenvalue weighted by molar-refractivity contribution is 5.93. The number of carbonyl (C=O) groups is 1. The number of fused-ring (bicyclic) bond motifs is 1. The zero-order chi connectivity index (χ0) is 15.5. The Bertz CT molecular complexity index is 860. The Morgan fingerprint density at radius 3 is 2.91 bits per heavy atom. The summed E-state index contributed by atoms with van der Waals surface area (Å²) in [5.41, 5.74) is 2.10. The third-order valence-electron chi connectivity index (χ3n) is 3.04. The van der Waals surface area contributed by atoms with E-state index in [1.54, 1.807) is 24.3 Å². The SMILES string of the molecule is N#CCC(=O)Nc1ccc(O)c(-c2nc3ccccc3o2)c1. The minimum absolute atomic E-state index is 0.00941. The van der Waals surface area contributed by atoms with Crippen LogP contribution in [0.4, 0.5) is 5.69 Å². The number of para-hydroxylation sites is 2. The van der Waals surface area contributed by atoms with Gasteiger partial charge in [0.2, 0.25) is 11.8 Å². The Morgan fingerprint density at radius 2 is 2.14 bits per heavy atom. The molecule has 1 amide bonds. The zero-order valence-corrected chi connectivity index (χ0v) is 11.4. The van der Waals surface area contributed by atoms with Gasteiger partial charge < -0.3 is 14.8 Å². The summed E-state index contributed by atoms with van der Waals surface area (Å²) in [7, 11) is 0. The van der Waals surface area contributed by atoms with E-state index in [0.717, 1.165) is 0 Å². The number of aromatic hydroxyl groups is 1. The topological polar surface area (TPSA) is 99.2 Å². The fourth-order valence-corrected chi connectivity index (χ4v) is 2.05. The van der Waals surface area contributed by atoms with Gasteiger partial charge in [-0.05, 0) is 30.3 Å². The number of benzene rings is 2. The number of hydrogen-bond donors (Lipinski definition) is 2. The molecule has 6 heteroatoms. The largest absolute Gasteiger partial charge is 0.507 e. The number of hydrogen-bond acceptors (Lipinski definition) is 5. The van der Waals surface area contributed by atoms with Crippen molar-refractivity contribution in [3.05, 3.63) is 42.5 Å². The Morgan fingerprint density at radius 1 is 1.32 bits per heavy atom. The maximum atomic E-state index is 11.5. The highest BCUT2D eigenvalue weighted by Crippen LogP contribution is 2.33. The van der Waals surface area contributed by atoms with Crippen LogP contribution in [-0.2, 0) is 4.79 Å². The minimum Gasteiger partial charge on any atom is -0.507 e. The summed E-state index contributed by atoms with van der Waals surface area (Å²) in [6.45, 7) is 0. The Kier molecular flexibility index (Phi) is 3.46. The molecule has 6 nitrogen and oxygen atoms in total. The first kappa shape index (κ1) is 13.6. The Hall–Kier alpha value is -3.33. The van der Waals surface area contributed by atoms with Crippen LogP contribution < -0.4 is 5.32 Å². The van der Waals surface area contributed by atoms with Crippen LogP contribution in [0.3, 0.4) is 0 Å². The van der Waals surface area contributed by atoms with Crippen molar-refractivity contribution in [3.8, 4) is 23.3 Å². The van der Waals surface area contributed by atoms with Gasteiger partial charge in [0.05, 0.1) is 11.6 Å². The van der Waals surface area contributed by atoms with E-state index in [0.29, 0.717) is 22.4 Å². The number of nitriles is 1. The van der Waals surface area contributed by atoms with Crippen molar-refractivity contribution < 1.29 is 14.3 Å². The first-order chi connectivity index (χ1) is 10.7. The van der Waals surface area contributed by atoms with Gasteiger partial charge in [0.15, 0.2) is 5.58 Å². The molecule has 0 atom stereocenters. The molecule has 2 N–H and O–H groups in total. The molecule has 1 aromatic heterocycles. The van der Waals surface area contributed by atoms with Crippen LogP contribution in [0.2, 0.25) is 0 Å². The first-order valence-electron chi connectivity index (χ1n) is 6.53. The quantitative estimate of drug-likeness (QED) is 0.723. The molecule has 1 heterocycles. The van der Waals surface area contributed by atoms with Crippen molar-refractivity contribution in [2.75, 3.05) is 5.32 Å². The van der Waals surface area contributed by atoms with Gasteiger partial charge in [-0.25, -0.2) is 4.98 Å². The van der Waals surface area contributed by atoms with Crippen LogP contribution in [-0.4, -0.2) is 16.0 Å². The van der Waals surface area contributed by atoms with Crippen LogP contribution >= 0.6 is 0 Å². The third kappa shape index (κ3) is 2.60. The van der Waals surface area contributed by atoms with Crippen molar-refractivity contribution in [3.63, 3.8) is 0 Å². The third-order valence-corrected chi connectivity index (χ3v) is 3.04. The number of carbonyl (C=O) groups excluding carboxylic acids is 1. The summed E-state index contributed by atoms with van der Waals surface area (Å²) in [5.74, 6) is -0.170. The molecule has 0 spiro atoms. The maximum Gasteiger partial charge on any atom is 0.238 e. The van der Waals surface area contributed by atoms with Gasteiger partial charge in [0.25, 0.3) is 0 Å². The molecule has 0 fully saturated rings. The molecule has 0 bridgehead atoms. The van der Waals surface area contributed by atoms with Crippen LogP contribution in [0.1, 0.15) is 6.42 Å². The molecule has 0 aliphatic rings. The lowest BCUT2D eigenvalue weighted by atomic mass is 10.1. The van der Waals surface area contributed by atoms with Gasteiger partial charge in [0.1, 0.15) is 17.7 Å². The highest BCUT2D eigenvalue weighted by Gasteiger charge is 2.13. The van der Waals surface area contributed by atoms with E-state index in [4.69, 9.17) is 9.68 Å².